The highest BCUT2D eigenvalue weighted by Crippen LogP contribution is 2.16. The average Bonchev–Trinajstić information content (AvgIpc) is 2.98. The smallest absolute Gasteiger partial charge is 0.283 e. The standard InChI is InChI=1S/C12H17N5O/c1-3-10-14-11-9(7-13-15-11)12(18)17(10)16-6-4-5-8(16)2/h7-8H,3-6H2,1-2H3,(H,13,15). The topological polar surface area (TPSA) is 66.8 Å². The maximum absolute atomic E-state index is 12.5. The quantitative estimate of drug-likeness (QED) is 0.852. The number of H-pyrrole nitrogens is 1. The van der Waals surface area contributed by atoms with E-state index < -0.39 is 0 Å². The number of aromatic nitrogens is 4. The number of nitrogens with one attached hydrogen (secondary N) is 1. The van der Waals surface area contributed by atoms with Gasteiger partial charge in [0.05, 0.1) is 6.20 Å². The van der Waals surface area contributed by atoms with Gasteiger partial charge < -0.3 is 5.01 Å². The second kappa shape index (κ2) is 4.12. The van der Waals surface area contributed by atoms with Gasteiger partial charge in [0, 0.05) is 19.0 Å². The monoisotopic (exact) mass is 247 g/mol. The predicted molar refractivity (Wildman–Crippen MR) is 69.3 cm³/mol. The zero-order valence-electron chi connectivity index (χ0n) is 10.7. The number of aryl methyl sites for hydroxylation is 1. The molecule has 0 radical (unpaired) electrons. The summed E-state index contributed by atoms with van der Waals surface area (Å²) >= 11 is 0. The number of aromatic amines is 1. The molecule has 0 bridgehead atoms. The van der Waals surface area contributed by atoms with Gasteiger partial charge in [-0.3, -0.25) is 9.89 Å². The van der Waals surface area contributed by atoms with Crippen LogP contribution >= 0.6 is 0 Å². The molecule has 0 aromatic carbocycles. The van der Waals surface area contributed by atoms with Crippen molar-refractivity contribution in [1.82, 2.24) is 19.9 Å². The van der Waals surface area contributed by atoms with Crippen molar-refractivity contribution in [3.8, 4) is 0 Å². The van der Waals surface area contributed by atoms with E-state index in [2.05, 4.69) is 27.1 Å². The second-order valence-corrected chi connectivity index (χ2v) is 4.79. The highest BCUT2D eigenvalue weighted by atomic mass is 16.1. The van der Waals surface area contributed by atoms with E-state index in [1.807, 2.05) is 6.92 Å². The summed E-state index contributed by atoms with van der Waals surface area (Å²) in [5.74, 6) is 0.797. The van der Waals surface area contributed by atoms with Gasteiger partial charge in [-0.25, -0.2) is 9.66 Å². The van der Waals surface area contributed by atoms with Crippen LogP contribution in [0.2, 0.25) is 0 Å². The molecular weight excluding hydrogens is 230 g/mol. The highest BCUT2D eigenvalue weighted by molar-refractivity contribution is 5.72. The van der Waals surface area contributed by atoms with Gasteiger partial charge in [0.25, 0.3) is 5.56 Å². The molecule has 0 spiro atoms. The Labute approximate surface area is 105 Å². The van der Waals surface area contributed by atoms with Crippen LogP contribution in [-0.4, -0.2) is 32.4 Å². The minimum atomic E-state index is -0.0145. The molecule has 6 heteroatoms. The largest absolute Gasteiger partial charge is 0.306 e. The number of hydrogen-bond acceptors (Lipinski definition) is 4. The molecule has 1 fully saturated rings. The van der Waals surface area contributed by atoms with E-state index in [0.29, 0.717) is 17.1 Å². The van der Waals surface area contributed by atoms with Crippen LogP contribution in [0.4, 0.5) is 0 Å². The van der Waals surface area contributed by atoms with E-state index in [1.54, 1.807) is 10.9 Å². The maximum atomic E-state index is 12.5. The van der Waals surface area contributed by atoms with Crippen LogP contribution in [0, 0.1) is 0 Å². The summed E-state index contributed by atoms with van der Waals surface area (Å²) in [6, 6.07) is 0.388. The van der Waals surface area contributed by atoms with Crippen molar-refractivity contribution >= 4 is 11.0 Å². The lowest BCUT2D eigenvalue weighted by Gasteiger charge is -2.27. The van der Waals surface area contributed by atoms with Gasteiger partial charge in [-0.1, -0.05) is 6.92 Å². The summed E-state index contributed by atoms with van der Waals surface area (Å²) in [6.07, 6.45) is 4.54. The first kappa shape index (κ1) is 11.3. The van der Waals surface area contributed by atoms with Crippen molar-refractivity contribution in [3.63, 3.8) is 0 Å². The first-order chi connectivity index (χ1) is 8.72. The Morgan fingerprint density at radius 1 is 1.56 bits per heavy atom. The first-order valence-corrected chi connectivity index (χ1v) is 6.44. The molecule has 1 aliphatic heterocycles. The fourth-order valence-corrected chi connectivity index (χ4v) is 2.64. The van der Waals surface area contributed by atoms with Crippen LogP contribution in [0.25, 0.3) is 11.0 Å². The molecule has 1 aliphatic rings. The molecule has 0 amide bonds. The predicted octanol–water partition coefficient (Wildman–Crippen LogP) is 0.802. The van der Waals surface area contributed by atoms with Gasteiger partial charge >= 0.3 is 0 Å². The van der Waals surface area contributed by atoms with Crippen LogP contribution in [0.15, 0.2) is 11.0 Å². The molecule has 0 saturated carbocycles. The lowest BCUT2D eigenvalue weighted by atomic mass is 10.3. The molecule has 3 rings (SSSR count). The molecule has 1 unspecified atom stereocenters. The zero-order valence-corrected chi connectivity index (χ0v) is 10.7. The van der Waals surface area contributed by atoms with Gasteiger partial charge in [0.1, 0.15) is 11.2 Å². The summed E-state index contributed by atoms with van der Waals surface area (Å²) in [7, 11) is 0. The number of rotatable bonds is 2. The minimum absolute atomic E-state index is 0.0145. The third-order valence-corrected chi connectivity index (χ3v) is 3.62. The third-order valence-electron chi connectivity index (χ3n) is 3.62. The Hall–Kier alpha value is -1.85. The van der Waals surface area contributed by atoms with Gasteiger partial charge in [-0.15, -0.1) is 0 Å². The number of hydrogen-bond donors (Lipinski definition) is 1. The molecule has 2 aromatic rings. The van der Waals surface area contributed by atoms with Gasteiger partial charge in [-0.05, 0) is 19.8 Å². The Morgan fingerprint density at radius 3 is 3.06 bits per heavy atom. The van der Waals surface area contributed by atoms with E-state index in [4.69, 9.17) is 0 Å². The van der Waals surface area contributed by atoms with Crippen molar-refractivity contribution < 1.29 is 0 Å². The highest BCUT2D eigenvalue weighted by Gasteiger charge is 2.24. The average molecular weight is 247 g/mol. The van der Waals surface area contributed by atoms with Crippen molar-refractivity contribution in [2.45, 2.75) is 39.2 Å². The molecule has 96 valence electrons. The summed E-state index contributed by atoms with van der Waals surface area (Å²) in [6.45, 7) is 5.08. The summed E-state index contributed by atoms with van der Waals surface area (Å²) in [5, 5.41) is 9.36. The van der Waals surface area contributed by atoms with Crippen LogP contribution in [0.5, 0.6) is 0 Å². The van der Waals surface area contributed by atoms with Crippen LogP contribution in [0.3, 0.4) is 0 Å². The van der Waals surface area contributed by atoms with Crippen LogP contribution in [-0.2, 0) is 6.42 Å². The fourth-order valence-electron chi connectivity index (χ4n) is 2.64. The second-order valence-electron chi connectivity index (χ2n) is 4.79. The van der Waals surface area contributed by atoms with Crippen LogP contribution < -0.4 is 10.6 Å². The molecule has 1 saturated heterocycles. The Balaban J connectivity index is 2.25. The fraction of sp³-hybridized carbons (Fsp3) is 0.583. The van der Waals surface area contributed by atoms with Crippen molar-refractivity contribution in [2.75, 3.05) is 11.6 Å². The van der Waals surface area contributed by atoms with Gasteiger partial charge in [0.2, 0.25) is 0 Å². The molecule has 1 N–H and O–H groups in total. The summed E-state index contributed by atoms with van der Waals surface area (Å²) in [5.41, 5.74) is 0.569. The summed E-state index contributed by atoms with van der Waals surface area (Å²) in [4.78, 5) is 17.0. The van der Waals surface area contributed by atoms with E-state index in [1.165, 1.54) is 0 Å². The molecular formula is C12H17N5O. The molecule has 18 heavy (non-hydrogen) atoms. The van der Waals surface area contributed by atoms with E-state index in [-0.39, 0.29) is 5.56 Å². The van der Waals surface area contributed by atoms with Crippen molar-refractivity contribution in [3.05, 3.63) is 22.4 Å². The van der Waals surface area contributed by atoms with E-state index in [9.17, 15) is 4.79 Å². The van der Waals surface area contributed by atoms with Crippen molar-refractivity contribution in [2.24, 2.45) is 0 Å². The third kappa shape index (κ3) is 1.52. The molecule has 6 nitrogen and oxygen atoms in total. The normalized spacial score (nSPS) is 19.9. The van der Waals surface area contributed by atoms with Crippen LogP contribution in [0.1, 0.15) is 32.5 Å². The first-order valence-electron chi connectivity index (χ1n) is 6.44. The molecule has 2 aromatic heterocycles. The summed E-state index contributed by atoms with van der Waals surface area (Å²) < 4.78 is 1.75. The van der Waals surface area contributed by atoms with Gasteiger partial charge in [0.15, 0.2) is 5.65 Å². The van der Waals surface area contributed by atoms with Gasteiger partial charge in [-0.2, -0.15) is 5.10 Å². The molecule has 1 atom stereocenters. The Morgan fingerprint density at radius 2 is 2.39 bits per heavy atom. The molecule has 3 heterocycles. The Kier molecular flexibility index (Phi) is 2.57. The lowest BCUT2D eigenvalue weighted by molar-refractivity contribution is 0.530. The Bertz CT molecular complexity index is 629. The van der Waals surface area contributed by atoms with E-state index in [0.717, 1.165) is 31.6 Å². The van der Waals surface area contributed by atoms with E-state index >= 15 is 0 Å². The minimum Gasteiger partial charge on any atom is -0.306 e. The SMILES string of the molecule is CCc1nc2[nH]ncc2c(=O)n1N1CCCC1C. The maximum Gasteiger partial charge on any atom is 0.283 e. The number of fused-ring (bicyclic) bond motifs is 1. The van der Waals surface area contributed by atoms with Crippen molar-refractivity contribution in [1.29, 1.82) is 0 Å². The molecule has 0 aliphatic carbocycles. The lowest BCUT2D eigenvalue weighted by Crippen LogP contribution is -2.46. The number of nitrogens with zero attached hydrogens (tertiary/aromatic N) is 4. The zero-order chi connectivity index (χ0) is 12.7.